The van der Waals surface area contributed by atoms with Gasteiger partial charge in [0.1, 0.15) is 5.76 Å². The van der Waals surface area contributed by atoms with Crippen LogP contribution in [0.15, 0.2) is 50.7 Å². The van der Waals surface area contributed by atoms with E-state index in [2.05, 4.69) is 26.2 Å². The molecule has 1 unspecified atom stereocenters. The van der Waals surface area contributed by atoms with Gasteiger partial charge in [-0.05, 0) is 49.6 Å². The molecule has 6 nitrogen and oxygen atoms in total. The minimum absolute atomic E-state index is 0.0589. The number of esters is 1. The molecule has 2 aromatic heterocycles. The van der Waals surface area contributed by atoms with Crippen molar-refractivity contribution in [1.29, 1.82) is 0 Å². The summed E-state index contributed by atoms with van der Waals surface area (Å²) in [6.45, 7) is 3.27. The first-order valence-corrected chi connectivity index (χ1v) is 9.85. The van der Waals surface area contributed by atoms with Crippen LogP contribution in [0.1, 0.15) is 18.4 Å². The molecule has 0 fully saturated rings. The average molecular weight is 449 g/mol. The predicted octanol–water partition coefficient (Wildman–Crippen LogP) is 4.59. The summed E-state index contributed by atoms with van der Waals surface area (Å²) in [7, 11) is 0. The molecule has 0 saturated heterocycles. The molecule has 27 heavy (non-hydrogen) atoms. The van der Waals surface area contributed by atoms with Crippen molar-refractivity contribution < 1.29 is 18.7 Å². The van der Waals surface area contributed by atoms with Crippen LogP contribution in [-0.2, 0) is 20.7 Å². The number of benzene rings is 1. The zero-order chi connectivity index (χ0) is 19.4. The van der Waals surface area contributed by atoms with Crippen LogP contribution in [0.25, 0.3) is 10.8 Å². The Balaban J connectivity index is 1.57. The maximum absolute atomic E-state index is 12.2. The Morgan fingerprint density at radius 3 is 2.70 bits per heavy atom. The van der Waals surface area contributed by atoms with Gasteiger partial charge in [-0.15, -0.1) is 11.3 Å². The molecule has 0 bridgehead atoms. The van der Waals surface area contributed by atoms with E-state index in [1.807, 2.05) is 29.6 Å². The summed E-state index contributed by atoms with van der Waals surface area (Å²) in [5.41, 5.74) is 1.13. The van der Waals surface area contributed by atoms with Crippen molar-refractivity contribution in [3.8, 4) is 10.8 Å². The molecule has 0 aliphatic rings. The highest BCUT2D eigenvalue weighted by Gasteiger charge is 2.21. The molecular formula is C19H17BrN2O4S. The molecule has 0 saturated carbocycles. The fourth-order valence-electron chi connectivity index (χ4n) is 2.30. The Labute approximate surface area is 168 Å². The van der Waals surface area contributed by atoms with Crippen molar-refractivity contribution in [3.05, 3.63) is 57.7 Å². The van der Waals surface area contributed by atoms with E-state index < -0.39 is 18.0 Å². The number of hydrogen-bond donors (Lipinski definition) is 1. The lowest BCUT2D eigenvalue weighted by atomic mass is 10.2. The standard InChI is InChI=1S/C19H17BrN2O4S/c1-11-15(22-19(26-11)16-4-3-9-27-16)10-17(23)25-12(2)18(24)21-14-7-5-13(20)6-8-14/h3-9,12H,10H2,1-2H3,(H,21,24). The van der Waals surface area contributed by atoms with Gasteiger partial charge < -0.3 is 14.5 Å². The molecule has 0 aliphatic heterocycles. The second-order valence-corrected chi connectivity index (χ2v) is 7.67. The number of halogens is 1. The number of oxazole rings is 1. The second-order valence-electron chi connectivity index (χ2n) is 5.80. The van der Waals surface area contributed by atoms with E-state index in [-0.39, 0.29) is 6.42 Å². The zero-order valence-corrected chi connectivity index (χ0v) is 17.1. The maximum Gasteiger partial charge on any atom is 0.312 e. The van der Waals surface area contributed by atoms with Gasteiger partial charge in [0.2, 0.25) is 5.89 Å². The largest absolute Gasteiger partial charge is 0.452 e. The predicted molar refractivity (Wildman–Crippen MR) is 107 cm³/mol. The number of hydrogen-bond acceptors (Lipinski definition) is 6. The molecule has 3 rings (SSSR count). The molecule has 0 spiro atoms. The summed E-state index contributed by atoms with van der Waals surface area (Å²) in [6, 6.07) is 10.9. The van der Waals surface area contributed by atoms with E-state index in [9.17, 15) is 9.59 Å². The first kappa shape index (κ1) is 19.3. The van der Waals surface area contributed by atoms with Crippen molar-refractivity contribution in [3.63, 3.8) is 0 Å². The van der Waals surface area contributed by atoms with Crippen molar-refractivity contribution in [2.45, 2.75) is 26.4 Å². The van der Waals surface area contributed by atoms with Crippen LogP contribution in [0.4, 0.5) is 5.69 Å². The zero-order valence-electron chi connectivity index (χ0n) is 14.7. The first-order valence-electron chi connectivity index (χ1n) is 8.18. The second kappa shape index (κ2) is 8.49. The van der Waals surface area contributed by atoms with E-state index in [1.54, 1.807) is 19.1 Å². The van der Waals surface area contributed by atoms with E-state index in [4.69, 9.17) is 9.15 Å². The molecule has 3 aromatic rings. The van der Waals surface area contributed by atoms with Gasteiger partial charge in [-0.25, -0.2) is 4.98 Å². The Morgan fingerprint density at radius 2 is 2.04 bits per heavy atom. The molecular weight excluding hydrogens is 432 g/mol. The van der Waals surface area contributed by atoms with Crippen molar-refractivity contribution in [1.82, 2.24) is 4.98 Å². The molecule has 2 heterocycles. The van der Waals surface area contributed by atoms with E-state index in [0.717, 1.165) is 9.35 Å². The topological polar surface area (TPSA) is 81.4 Å². The number of carbonyl (C=O) groups is 2. The van der Waals surface area contributed by atoms with Gasteiger partial charge >= 0.3 is 5.97 Å². The number of rotatable bonds is 6. The number of ether oxygens (including phenoxy) is 1. The monoisotopic (exact) mass is 448 g/mol. The van der Waals surface area contributed by atoms with Crippen LogP contribution in [-0.4, -0.2) is 23.0 Å². The number of aromatic nitrogens is 1. The highest BCUT2D eigenvalue weighted by atomic mass is 79.9. The Kier molecular flexibility index (Phi) is 6.08. The molecule has 0 radical (unpaired) electrons. The molecule has 1 atom stereocenters. The quantitative estimate of drug-likeness (QED) is 0.557. The minimum Gasteiger partial charge on any atom is -0.452 e. The average Bonchev–Trinajstić information content (AvgIpc) is 3.27. The van der Waals surface area contributed by atoms with E-state index in [1.165, 1.54) is 18.3 Å². The number of amides is 1. The normalized spacial score (nSPS) is 11.8. The lowest BCUT2D eigenvalue weighted by Crippen LogP contribution is -2.30. The molecule has 1 N–H and O–H groups in total. The van der Waals surface area contributed by atoms with Crippen molar-refractivity contribution in [2.75, 3.05) is 5.32 Å². The van der Waals surface area contributed by atoms with Gasteiger partial charge in [-0.2, -0.15) is 0 Å². The molecule has 1 aromatic carbocycles. The van der Waals surface area contributed by atoms with Gasteiger partial charge in [0.05, 0.1) is 17.0 Å². The van der Waals surface area contributed by atoms with Gasteiger partial charge in [0, 0.05) is 10.2 Å². The van der Waals surface area contributed by atoms with Crippen molar-refractivity contribution in [2.24, 2.45) is 0 Å². The Hall–Kier alpha value is -2.45. The number of nitrogens with one attached hydrogen (secondary N) is 1. The minimum atomic E-state index is -0.926. The van der Waals surface area contributed by atoms with Gasteiger partial charge in [-0.3, -0.25) is 9.59 Å². The maximum atomic E-state index is 12.2. The lowest BCUT2D eigenvalue weighted by molar-refractivity contribution is -0.152. The van der Waals surface area contributed by atoms with Crippen LogP contribution in [0, 0.1) is 6.92 Å². The first-order chi connectivity index (χ1) is 12.9. The smallest absolute Gasteiger partial charge is 0.312 e. The highest BCUT2D eigenvalue weighted by molar-refractivity contribution is 9.10. The van der Waals surface area contributed by atoms with Crippen LogP contribution in [0.5, 0.6) is 0 Å². The molecule has 1 amide bonds. The third kappa shape index (κ3) is 5.05. The summed E-state index contributed by atoms with van der Waals surface area (Å²) >= 11 is 4.83. The third-order valence-corrected chi connectivity index (χ3v) is 5.11. The molecule has 8 heteroatoms. The SMILES string of the molecule is Cc1oc(-c2cccs2)nc1CC(=O)OC(C)C(=O)Nc1ccc(Br)cc1. The summed E-state index contributed by atoms with van der Waals surface area (Å²) in [6.07, 6.45) is -0.985. The van der Waals surface area contributed by atoms with Crippen LogP contribution in [0.2, 0.25) is 0 Å². The van der Waals surface area contributed by atoms with Crippen LogP contribution >= 0.6 is 27.3 Å². The van der Waals surface area contributed by atoms with Crippen molar-refractivity contribution >= 4 is 44.8 Å². The number of carbonyl (C=O) groups excluding carboxylic acids is 2. The Bertz CT molecular complexity index is 935. The summed E-state index contributed by atoms with van der Waals surface area (Å²) in [5, 5.41) is 4.63. The van der Waals surface area contributed by atoms with Gasteiger partial charge in [-0.1, -0.05) is 22.0 Å². The van der Waals surface area contributed by atoms with E-state index in [0.29, 0.717) is 23.0 Å². The third-order valence-electron chi connectivity index (χ3n) is 3.73. The fraction of sp³-hybridized carbons (Fsp3) is 0.211. The number of nitrogens with zero attached hydrogens (tertiary/aromatic N) is 1. The van der Waals surface area contributed by atoms with E-state index >= 15 is 0 Å². The van der Waals surface area contributed by atoms with Gasteiger partial charge in [0.25, 0.3) is 5.91 Å². The Morgan fingerprint density at radius 1 is 1.30 bits per heavy atom. The number of thiophene rings is 1. The molecule has 140 valence electrons. The van der Waals surface area contributed by atoms with Crippen LogP contribution in [0.3, 0.4) is 0 Å². The van der Waals surface area contributed by atoms with Gasteiger partial charge in [0.15, 0.2) is 6.10 Å². The summed E-state index contributed by atoms with van der Waals surface area (Å²) < 4.78 is 11.7. The summed E-state index contributed by atoms with van der Waals surface area (Å²) in [5.74, 6) is 0.0954. The molecule has 0 aliphatic carbocycles. The lowest BCUT2D eigenvalue weighted by Gasteiger charge is -2.13. The fourth-order valence-corrected chi connectivity index (χ4v) is 3.22. The summed E-state index contributed by atoms with van der Waals surface area (Å²) in [4.78, 5) is 29.6. The number of aryl methyl sites for hydroxylation is 1. The highest BCUT2D eigenvalue weighted by Crippen LogP contribution is 2.26. The van der Waals surface area contributed by atoms with Crippen LogP contribution < -0.4 is 5.32 Å². The number of anilines is 1.